The lowest BCUT2D eigenvalue weighted by Crippen LogP contribution is -2.31. The van der Waals surface area contributed by atoms with Crippen molar-refractivity contribution >= 4 is 5.97 Å². The number of benzene rings is 2. The zero-order chi connectivity index (χ0) is 14.9. The molecule has 0 aliphatic carbocycles. The Hall–Kier alpha value is -2.33. The third-order valence-electron chi connectivity index (χ3n) is 3.74. The van der Waals surface area contributed by atoms with Crippen LogP contribution in [0.4, 0.5) is 0 Å². The van der Waals surface area contributed by atoms with Crippen LogP contribution in [0, 0.1) is 0 Å². The second-order valence-corrected chi connectivity index (χ2v) is 4.92. The summed E-state index contributed by atoms with van der Waals surface area (Å²) in [4.78, 5) is 12.0. The Morgan fingerprint density at radius 1 is 1.05 bits per heavy atom. The normalized spacial score (nSPS) is 20.0. The fourth-order valence-electron chi connectivity index (χ4n) is 2.62. The number of hydrogen-bond donors (Lipinski definition) is 0. The van der Waals surface area contributed by atoms with E-state index in [1.165, 1.54) is 0 Å². The quantitative estimate of drug-likeness (QED) is 0.810. The highest BCUT2D eigenvalue weighted by Gasteiger charge is 2.45. The van der Waals surface area contributed by atoms with Gasteiger partial charge in [-0.15, -0.1) is 0 Å². The van der Waals surface area contributed by atoms with Crippen LogP contribution in [0.15, 0.2) is 48.5 Å². The molecule has 1 unspecified atom stereocenters. The van der Waals surface area contributed by atoms with Gasteiger partial charge in [-0.25, -0.2) is 4.79 Å². The van der Waals surface area contributed by atoms with E-state index < -0.39 is 5.79 Å². The zero-order valence-corrected chi connectivity index (χ0v) is 12.0. The minimum atomic E-state index is -1.05. The monoisotopic (exact) mass is 284 g/mol. The van der Waals surface area contributed by atoms with Gasteiger partial charge in [0.05, 0.1) is 12.7 Å². The van der Waals surface area contributed by atoms with Crippen molar-refractivity contribution in [1.82, 2.24) is 0 Å². The van der Waals surface area contributed by atoms with E-state index in [-0.39, 0.29) is 5.97 Å². The van der Waals surface area contributed by atoms with Gasteiger partial charge in [-0.2, -0.15) is 0 Å². The molecule has 1 aliphatic rings. The number of cyclic esters (lactones) is 1. The third kappa shape index (κ3) is 2.28. The first kappa shape index (κ1) is 13.6. The summed E-state index contributed by atoms with van der Waals surface area (Å²) >= 11 is 0. The molecule has 4 nitrogen and oxygen atoms in total. The average Bonchev–Trinajstić information content (AvgIpc) is 2.82. The largest absolute Gasteiger partial charge is 0.497 e. The Labute approximate surface area is 123 Å². The molecule has 2 aromatic carbocycles. The number of methoxy groups -OCH3 is 2. The van der Waals surface area contributed by atoms with E-state index in [1.54, 1.807) is 20.3 Å². The summed E-state index contributed by atoms with van der Waals surface area (Å²) in [6, 6.07) is 15.0. The topological polar surface area (TPSA) is 44.8 Å². The van der Waals surface area contributed by atoms with Crippen molar-refractivity contribution < 1.29 is 19.0 Å². The SMILES string of the molecule is COc1ccc(CC2(OC)OC(=O)c3ccccc32)cc1. The van der Waals surface area contributed by atoms with Gasteiger partial charge < -0.3 is 14.2 Å². The summed E-state index contributed by atoms with van der Waals surface area (Å²) in [5.74, 6) is -0.613. The third-order valence-corrected chi connectivity index (χ3v) is 3.74. The molecule has 0 amide bonds. The molecule has 0 fully saturated rings. The molecule has 0 aromatic heterocycles. The van der Waals surface area contributed by atoms with E-state index in [1.807, 2.05) is 42.5 Å². The van der Waals surface area contributed by atoms with Gasteiger partial charge in [-0.3, -0.25) is 0 Å². The van der Waals surface area contributed by atoms with Crippen LogP contribution in [-0.2, 0) is 21.7 Å². The van der Waals surface area contributed by atoms with E-state index in [9.17, 15) is 4.79 Å². The fraction of sp³-hybridized carbons (Fsp3) is 0.235. The Balaban J connectivity index is 1.96. The minimum absolute atomic E-state index is 0.346. The predicted octanol–water partition coefficient (Wildman–Crippen LogP) is 2.91. The van der Waals surface area contributed by atoms with Crippen LogP contribution in [0.2, 0.25) is 0 Å². The first-order valence-electron chi connectivity index (χ1n) is 6.69. The molecule has 0 spiro atoms. The van der Waals surface area contributed by atoms with Crippen LogP contribution in [0.1, 0.15) is 21.5 Å². The number of hydrogen-bond acceptors (Lipinski definition) is 4. The molecule has 3 rings (SSSR count). The van der Waals surface area contributed by atoms with Gasteiger partial charge in [0, 0.05) is 19.1 Å². The Morgan fingerprint density at radius 3 is 2.43 bits per heavy atom. The lowest BCUT2D eigenvalue weighted by atomic mass is 9.96. The first-order chi connectivity index (χ1) is 10.2. The molecule has 21 heavy (non-hydrogen) atoms. The van der Waals surface area contributed by atoms with Crippen molar-refractivity contribution in [2.45, 2.75) is 12.2 Å². The number of carbonyl (C=O) groups excluding carboxylic acids is 1. The van der Waals surface area contributed by atoms with E-state index in [4.69, 9.17) is 14.2 Å². The Kier molecular flexibility index (Phi) is 3.39. The van der Waals surface area contributed by atoms with E-state index in [0.717, 1.165) is 16.9 Å². The highest BCUT2D eigenvalue weighted by Crippen LogP contribution is 2.39. The second kappa shape index (κ2) is 5.22. The molecule has 4 heteroatoms. The van der Waals surface area contributed by atoms with Crippen molar-refractivity contribution in [3.05, 3.63) is 65.2 Å². The average molecular weight is 284 g/mol. The summed E-state index contributed by atoms with van der Waals surface area (Å²) in [5.41, 5.74) is 2.34. The highest BCUT2D eigenvalue weighted by molar-refractivity contribution is 5.94. The molecule has 2 aromatic rings. The van der Waals surface area contributed by atoms with Crippen molar-refractivity contribution in [2.75, 3.05) is 14.2 Å². The lowest BCUT2D eigenvalue weighted by Gasteiger charge is -2.27. The van der Waals surface area contributed by atoms with Gasteiger partial charge in [-0.1, -0.05) is 30.3 Å². The molecule has 0 saturated heterocycles. The number of rotatable bonds is 4. The predicted molar refractivity (Wildman–Crippen MR) is 77.2 cm³/mol. The van der Waals surface area contributed by atoms with Gasteiger partial charge >= 0.3 is 5.97 Å². The van der Waals surface area contributed by atoms with Crippen molar-refractivity contribution in [3.63, 3.8) is 0 Å². The van der Waals surface area contributed by atoms with Crippen LogP contribution >= 0.6 is 0 Å². The smallest absolute Gasteiger partial charge is 0.341 e. The zero-order valence-electron chi connectivity index (χ0n) is 12.0. The first-order valence-corrected chi connectivity index (χ1v) is 6.69. The number of carbonyl (C=O) groups is 1. The molecule has 0 N–H and O–H groups in total. The molecule has 108 valence electrons. The molecule has 0 saturated carbocycles. The van der Waals surface area contributed by atoms with Crippen LogP contribution in [0.25, 0.3) is 0 Å². The summed E-state index contributed by atoms with van der Waals surface area (Å²) in [6.07, 6.45) is 0.455. The Bertz CT molecular complexity index is 663. The van der Waals surface area contributed by atoms with Gasteiger partial charge in [0.15, 0.2) is 0 Å². The highest BCUT2D eigenvalue weighted by atomic mass is 16.7. The molecular formula is C17H16O4. The van der Waals surface area contributed by atoms with Gasteiger partial charge in [0.2, 0.25) is 5.79 Å². The van der Waals surface area contributed by atoms with Crippen LogP contribution in [0.5, 0.6) is 5.75 Å². The number of fused-ring (bicyclic) bond motifs is 1. The summed E-state index contributed by atoms with van der Waals surface area (Å²) in [6.45, 7) is 0. The summed E-state index contributed by atoms with van der Waals surface area (Å²) in [7, 11) is 3.18. The second-order valence-electron chi connectivity index (χ2n) is 4.92. The van der Waals surface area contributed by atoms with Crippen molar-refractivity contribution in [2.24, 2.45) is 0 Å². The molecule has 1 aliphatic heterocycles. The maximum absolute atomic E-state index is 12.0. The summed E-state index contributed by atoms with van der Waals surface area (Å²) in [5, 5.41) is 0. The summed E-state index contributed by atoms with van der Waals surface area (Å²) < 4.78 is 16.3. The van der Waals surface area contributed by atoms with Gasteiger partial charge in [0.25, 0.3) is 0 Å². The van der Waals surface area contributed by atoms with E-state index >= 15 is 0 Å². The van der Waals surface area contributed by atoms with Crippen LogP contribution < -0.4 is 4.74 Å². The standard InChI is InChI=1S/C17H16O4/c1-19-13-9-7-12(8-10-13)11-17(20-2)15-6-4-3-5-14(15)16(18)21-17/h3-10H,11H2,1-2H3. The molecule has 1 atom stereocenters. The van der Waals surface area contributed by atoms with Crippen molar-refractivity contribution in [3.8, 4) is 5.75 Å². The molecular weight excluding hydrogens is 268 g/mol. The number of esters is 1. The molecule has 0 bridgehead atoms. The van der Waals surface area contributed by atoms with Gasteiger partial charge in [-0.05, 0) is 23.8 Å². The van der Waals surface area contributed by atoms with Crippen LogP contribution in [0.3, 0.4) is 0 Å². The molecule has 0 radical (unpaired) electrons. The van der Waals surface area contributed by atoms with Crippen molar-refractivity contribution in [1.29, 1.82) is 0 Å². The maximum Gasteiger partial charge on any atom is 0.341 e. The van der Waals surface area contributed by atoms with Gasteiger partial charge in [0.1, 0.15) is 5.75 Å². The van der Waals surface area contributed by atoms with Crippen LogP contribution in [-0.4, -0.2) is 20.2 Å². The minimum Gasteiger partial charge on any atom is -0.497 e. The Morgan fingerprint density at radius 2 is 1.76 bits per heavy atom. The van der Waals surface area contributed by atoms with E-state index in [2.05, 4.69) is 0 Å². The molecule has 1 heterocycles. The fourth-order valence-corrected chi connectivity index (χ4v) is 2.62. The van der Waals surface area contributed by atoms with E-state index in [0.29, 0.717) is 12.0 Å². The lowest BCUT2D eigenvalue weighted by molar-refractivity contribution is -0.185. The number of ether oxygens (including phenoxy) is 3. The maximum atomic E-state index is 12.0.